The Morgan fingerprint density at radius 2 is 2.04 bits per heavy atom. The zero-order valence-corrected chi connectivity index (χ0v) is 15.2. The third-order valence-electron chi connectivity index (χ3n) is 5.22. The van der Waals surface area contributed by atoms with Crippen molar-refractivity contribution in [3.63, 3.8) is 0 Å². The smallest absolute Gasteiger partial charge is 0.229 e. The topological polar surface area (TPSA) is 98.0 Å². The molecule has 0 aromatic carbocycles. The molecule has 0 saturated heterocycles. The van der Waals surface area contributed by atoms with Gasteiger partial charge in [-0.25, -0.2) is 9.97 Å². The number of nitrogens with zero attached hydrogens (tertiary/aromatic N) is 6. The molecule has 1 saturated carbocycles. The van der Waals surface area contributed by atoms with E-state index in [-0.39, 0.29) is 5.91 Å². The number of amides is 1. The van der Waals surface area contributed by atoms with Gasteiger partial charge < -0.3 is 15.1 Å². The number of hydrogen-bond acceptors (Lipinski definition) is 7. The highest BCUT2D eigenvalue weighted by Crippen LogP contribution is 2.36. The summed E-state index contributed by atoms with van der Waals surface area (Å²) in [5, 5.41) is 12.0. The van der Waals surface area contributed by atoms with E-state index in [4.69, 9.17) is 10.2 Å². The Bertz CT molecular complexity index is 884. The number of aromatic nitrogens is 3. The maximum Gasteiger partial charge on any atom is 0.229 e. The summed E-state index contributed by atoms with van der Waals surface area (Å²) in [5.74, 6) is 1.33. The number of fused-ring (bicyclic) bond motifs is 1. The molecule has 3 heterocycles. The average molecular weight is 363 g/mol. The fourth-order valence-corrected chi connectivity index (χ4v) is 3.73. The van der Waals surface area contributed by atoms with E-state index in [0.29, 0.717) is 36.3 Å². The van der Waals surface area contributed by atoms with Crippen LogP contribution >= 0.6 is 0 Å². The first-order chi connectivity index (χ1) is 13.2. The third kappa shape index (κ3) is 3.40. The van der Waals surface area contributed by atoms with Crippen LogP contribution in [0.2, 0.25) is 0 Å². The molecule has 8 nitrogen and oxygen atoms in total. The quantitative estimate of drug-likeness (QED) is 0.895. The van der Waals surface area contributed by atoms with Crippen molar-refractivity contribution in [3.8, 4) is 6.07 Å². The molecule has 0 spiro atoms. The molecule has 4 rings (SSSR count). The molecule has 27 heavy (non-hydrogen) atoms. The normalized spacial score (nSPS) is 17.4. The highest BCUT2D eigenvalue weighted by atomic mass is 16.2. The van der Waals surface area contributed by atoms with Crippen LogP contribution in [0.4, 0.5) is 23.1 Å². The zero-order valence-electron chi connectivity index (χ0n) is 15.2. The van der Waals surface area contributed by atoms with Gasteiger partial charge in [0.15, 0.2) is 5.82 Å². The van der Waals surface area contributed by atoms with Gasteiger partial charge in [0, 0.05) is 26.1 Å². The minimum atomic E-state index is 0.0809. The monoisotopic (exact) mass is 363 g/mol. The Balaban J connectivity index is 1.67. The molecule has 0 unspecified atom stereocenters. The van der Waals surface area contributed by atoms with Gasteiger partial charge >= 0.3 is 0 Å². The van der Waals surface area contributed by atoms with Crippen LogP contribution in [0.15, 0.2) is 24.5 Å². The van der Waals surface area contributed by atoms with Crippen LogP contribution in [0.25, 0.3) is 0 Å². The highest BCUT2D eigenvalue weighted by Gasteiger charge is 2.31. The van der Waals surface area contributed by atoms with Crippen molar-refractivity contribution < 1.29 is 4.79 Å². The number of carbonyl (C=O) groups is 1. The van der Waals surface area contributed by atoms with Crippen molar-refractivity contribution in [3.05, 3.63) is 30.2 Å². The van der Waals surface area contributed by atoms with Crippen LogP contribution in [-0.2, 0) is 4.79 Å². The number of pyridine rings is 1. The van der Waals surface area contributed by atoms with E-state index >= 15 is 0 Å². The largest absolute Gasteiger partial charge is 0.351 e. The van der Waals surface area contributed by atoms with Crippen molar-refractivity contribution in [2.45, 2.75) is 38.1 Å². The fourth-order valence-electron chi connectivity index (χ4n) is 3.73. The molecule has 1 N–H and O–H groups in total. The summed E-state index contributed by atoms with van der Waals surface area (Å²) < 4.78 is 0. The number of rotatable bonds is 3. The second-order valence-electron chi connectivity index (χ2n) is 6.91. The Hall–Kier alpha value is -3.21. The van der Waals surface area contributed by atoms with Gasteiger partial charge in [-0.15, -0.1) is 0 Å². The van der Waals surface area contributed by atoms with Crippen molar-refractivity contribution in [2.75, 3.05) is 28.7 Å². The maximum absolute atomic E-state index is 12.4. The Morgan fingerprint density at radius 1 is 1.22 bits per heavy atom. The van der Waals surface area contributed by atoms with Gasteiger partial charge in [-0.3, -0.25) is 4.79 Å². The van der Waals surface area contributed by atoms with E-state index < -0.39 is 0 Å². The molecular weight excluding hydrogens is 342 g/mol. The summed E-state index contributed by atoms with van der Waals surface area (Å²) in [6.07, 6.45) is 8.45. The minimum absolute atomic E-state index is 0.0809. The van der Waals surface area contributed by atoms with E-state index in [1.54, 1.807) is 36.5 Å². The SMILES string of the molecule is CN1C(=O)CCN(C2CCCC2)c2nc(Nc3ccc(C#N)nc3)ncc21. The molecule has 0 radical (unpaired) electrons. The summed E-state index contributed by atoms with van der Waals surface area (Å²) in [4.78, 5) is 29.5. The van der Waals surface area contributed by atoms with E-state index in [2.05, 4.69) is 20.2 Å². The van der Waals surface area contributed by atoms with Crippen LogP contribution in [0, 0.1) is 11.3 Å². The first-order valence-electron chi connectivity index (χ1n) is 9.19. The van der Waals surface area contributed by atoms with Crippen LogP contribution in [0.1, 0.15) is 37.8 Å². The number of hydrogen-bond donors (Lipinski definition) is 1. The van der Waals surface area contributed by atoms with Gasteiger partial charge in [0.1, 0.15) is 17.5 Å². The molecule has 1 aliphatic carbocycles. The van der Waals surface area contributed by atoms with Gasteiger partial charge in [0.25, 0.3) is 0 Å². The summed E-state index contributed by atoms with van der Waals surface area (Å²) >= 11 is 0. The third-order valence-corrected chi connectivity index (χ3v) is 5.22. The van der Waals surface area contributed by atoms with Crippen molar-refractivity contribution in [2.24, 2.45) is 0 Å². The van der Waals surface area contributed by atoms with Gasteiger partial charge in [-0.05, 0) is 25.0 Å². The number of nitriles is 1. The lowest BCUT2D eigenvalue weighted by molar-refractivity contribution is -0.118. The first kappa shape index (κ1) is 17.2. The van der Waals surface area contributed by atoms with Crippen LogP contribution < -0.4 is 15.1 Å². The van der Waals surface area contributed by atoms with Crippen molar-refractivity contribution in [1.82, 2.24) is 15.0 Å². The number of anilines is 4. The Kier molecular flexibility index (Phi) is 4.59. The van der Waals surface area contributed by atoms with E-state index in [1.165, 1.54) is 12.8 Å². The van der Waals surface area contributed by atoms with Crippen LogP contribution in [-0.4, -0.2) is 40.5 Å². The van der Waals surface area contributed by atoms with Gasteiger partial charge in [0.05, 0.1) is 18.1 Å². The Morgan fingerprint density at radius 3 is 2.74 bits per heavy atom. The van der Waals surface area contributed by atoms with Gasteiger partial charge in [-0.2, -0.15) is 10.2 Å². The van der Waals surface area contributed by atoms with E-state index in [0.717, 1.165) is 24.3 Å². The molecule has 1 aliphatic heterocycles. The van der Waals surface area contributed by atoms with E-state index in [1.807, 2.05) is 6.07 Å². The predicted molar refractivity (Wildman–Crippen MR) is 102 cm³/mol. The molecule has 2 aromatic heterocycles. The van der Waals surface area contributed by atoms with Crippen molar-refractivity contribution in [1.29, 1.82) is 5.26 Å². The zero-order chi connectivity index (χ0) is 18.8. The minimum Gasteiger partial charge on any atom is -0.351 e. The van der Waals surface area contributed by atoms with Gasteiger partial charge in [0.2, 0.25) is 11.9 Å². The lowest BCUT2D eigenvalue weighted by Gasteiger charge is -2.30. The molecule has 2 aliphatic rings. The second-order valence-corrected chi connectivity index (χ2v) is 6.91. The van der Waals surface area contributed by atoms with Crippen LogP contribution in [0.3, 0.4) is 0 Å². The Labute approximate surface area is 157 Å². The summed E-state index contributed by atoms with van der Waals surface area (Å²) in [6.45, 7) is 0.676. The molecule has 0 atom stereocenters. The highest BCUT2D eigenvalue weighted by molar-refractivity contribution is 5.97. The molecule has 0 bridgehead atoms. The average Bonchev–Trinajstić information content (AvgIpc) is 3.19. The summed E-state index contributed by atoms with van der Waals surface area (Å²) in [7, 11) is 1.78. The fraction of sp³-hybridized carbons (Fsp3) is 0.421. The number of nitrogens with one attached hydrogen (secondary N) is 1. The molecular formula is C19H21N7O. The summed E-state index contributed by atoms with van der Waals surface area (Å²) in [5.41, 5.74) is 1.81. The maximum atomic E-state index is 12.4. The molecule has 1 fully saturated rings. The predicted octanol–water partition coefficient (Wildman–Crippen LogP) is 2.60. The van der Waals surface area contributed by atoms with Gasteiger partial charge in [-0.1, -0.05) is 12.8 Å². The standard InChI is InChI=1S/C19H21N7O/c1-25-16-12-22-19(23-14-7-6-13(10-20)21-11-14)24-18(16)26(9-8-17(25)27)15-4-2-3-5-15/h6-7,11-12,15H,2-5,8-9H2,1H3,(H,22,23,24). The lowest BCUT2D eigenvalue weighted by Crippen LogP contribution is -2.34. The van der Waals surface area contributed by atoms with Crippen LogP contribution in [0.5, 0.6) is 0 Å². The molecule has 8 heteroatoms. The molecule has 2 aromatic rings. The second kappa shape index (κ2) is 7.19. The van der Waals surface area contributed by atoms with Crippen molar-refractivity contribution >= 4 is 29.0 Å². The summed E-state index contributed by atoms with van der Waals surface area (Å²) in [6, 6.07) is 5.83. The lowest BCUT2D eigenvalue weighted by atomic mass is 10.2. The molecule has 1 amide bonds. The molecule has 138 valence electrons. The van der Waals surface area contributed by atoms with E-state index in [9.17, 15) is 4.79 Å². The number of carbonyl (C=O) groups excluding carboxylic acids is 1. The first-order valence-corrected chi connectivity index (χ1v) is 9.19.